The molecule has 0 atom stereocenters. The van der Waals surface area contributed by atoms with Crippen molar-refractivity contribution in [3.8, 4) is 0 Å². The molecule has 0 spiro atoms. The minimum Gasteiger partial charge on any atom is -0.354 e. The second kappa shape index (κ2) is 8.07. The summed E-state index contributed by atoms with van der Waals surface area (Å²) in [6, 6.07) is 3.12. The van der Waals surface area contributed by atoms with Gasteiger partial charge in [0.1, 0.15) is 5.69 Å². The Morgan fingerprint density at radius 3 is 2.36 bits per heavy atom. The molecule has 1 aromatic rings. The van der Waals surface area contributed by atoms with Gasteiger partial charge in [-0.05, 0) is 18.6 Å². The number of rotatable bonds is 8. The molecule has 0 aromatic heterocycles. The number of nitrogens with zero attached hydrogens (tertiary/aromatic N) is 1. The van der Waals surface area contributed by atoms with Crippen LogP contribution in [0.1, 0.15) is 26.2 Å². The number of hydrogen-bond acceptors (Lipinski definition) is 3. The van der Waals surface area contributed by atoms with Gasteiger partial charge < -0.3 is 5.32 Å². The number of para-hydroxylation sites is 1. The van der Waals surface area contributed by atoms with Crippen molar-refractivity contribution >= 4 is 21.6 Å². The van der Waals surface area contributed by atoms with Gasteiger partial charge in [-0.25, -0.2) is 17.2 Å². The van der Waals surface area contributed by atoms with Crippen LogP contribution in [0.4, 0.5) is 14.5 Å². The summed E-state index contributed by atoms with van der Waals surface area (Å²) in [6.07, 6.45) is 2.79. The Morgan fingerprint density at radius 2 is 1.86 bits per heavy atom. The van der Waals surface area contributed by atoms with Crippen LogP contribution in [-0.4, -0.2) is 33.7 Å². The van der Waals surface area contributed by atoms with E-state index in [1.54, 1.807) is 0 Å². The van der Waals surface area contributed by atoms with Crippen molar-refractivity contribution in [1.82, 2.24) is 5.32 Å². The molecule has 0 saturated carbocycles. The highest BCUT2D eigenvalue weighted by Crippen LogP contribution is 2.24. The highest BCUT2D eigenvalue weighted by atomic mass is 32.2. The van der Waals surface area contributed by atoms with Gasteiger partial charge in [0.2, 0.25) is 15.9 Å². The summed E-state index contributed by atoms with van der Waals surface area (Å²) >= 11 is 0. The third-order valence-corrected chi connectivity index (χ3v) is 4.15. The number of carbonyl (C=O) groups excluding carboxylic acids is 1. The van der Waals surface area contributed by atoms with Gasteiger partial charge in [0.05, 0.1) is 12.8 Å². The van der Waals surface area contributed by atoms with Crippen molar-refractivity contribution in [2.75, 3.05) is 23.7 Å². The second-order valence-corrected chi connectivity index (χ2v) is 6.77. The van der Waals surface area contributed by atoms with Crippen LogP contribution in [0.5, 0.6) is 0 Å². The van der Waals surface area contributed by atoms with Crippen LogP contribution in [0, 0.1) is 11.6 Å². The summed E-state index contributed by atoms with van der Waals surface area (Å²) in [7, 11) is -3.88. The Bertz CT molecular complexity index is 600. The van der Waals surface area contributed by atoms with E-state index in [-0.39, 0.29) is 19.0 Å². The third kappa shape index (κ3) is 5.25. The van der Waals surface area contributed by atoms with E-state index in [0.717, 1.165) is 37.3 Å². The molecule has 8 heteroatoms. The molecule has 0 aliphatic rings. The molecule has 0 radical (unpaired) electrons. The van der Waals surface area contributed by atoms with E-state index < -0.39 is 27.3 Å². The van der Waals surface area contributed by atoms with E-state index in [2.05, 4.69) is 5.32 Å². The molecule has 1 aromatic carbocycles. The predicted octanol–water partition coefficient (Wildman–Crippen LogP) is 2.04. The lowest BCUT2D eigenvalue weighted by atomic mass is 10.2. The molecule has 0 saturated heterocycles. The molecule has 1 N–H and O–H groups in total. The van der Waals surface area contributed by atoms with Gasteiger partial charge in [0.15, 0.2) is 11.6 Å². The fourth-order valence-corrected chi connectivity index (χ4v) is 2.82. The summed E-state index contributed by atoms with van der Waals surface area (Å²) in [5, 5.41) is 2.54. The summed E-state index contributed by atoms with van der Waals surface area (Å²) in [4.78, 5) is 11.5. The lowest BCUT2D eigenvalue weighted by molar-refractivity contribution is -0.121. The van der Waals surface area contributed by atoms with Crippen LogP contribution in [0.2, 0.25) is 0 Å². The van der Waals surface area contributed by atoms with Crippen molar-refractivity contribution < 1.29 is 22.0 Å². The molecule has 22 heavy (non-hydrogen) atoms. The maximum absolute atomic E-state index is 13.7. The monoisotopic (exact) mass is 334 g/mol. The molecule has 0 aliphatic carbocycles. The van der Waals surface area contributed by atoms with Crippen LogP contribution in [0.25, 0.3) is 0 Å². The smallest absolute Gasteiger partial charge is 0.232 e. The SMILES string of the molecule is CCCCC(=O)NCCN(c1c(F)cccc1F)S(C)(=O)=O. The fourth-order valence-electron chi connectivity index (χ4n) is 1.89. The molecular formula is C14H20F2N2O3S. The largest absolute Gasteiger partial charge is 0.354 e. The zero-order valence-corrected chi connectivity index (χ0v) is 13.4. The van der Waals surface area contributed by atoms with E-state index in [9.17, 15) is 22.0 Å². The number of anilines is 1. The normalized spacial score (nSPS) is 11.3. The Balaban J connectivity index is 2.82. The molecule has 1 amide bonds. The molecule has 0 unspecified atom stereocenters. The zero-order valence-electron chi connectivity index (χ0n) is 12.6. The van der Waals surface area contributed by atoms with E-state index in [1.807, 2.05) is 6.92 Å². The summed E-state index contributed by atoms with van der Waals surface area (Å²) < 4.78 is 51.7. The molecule has 0 bridgehead atoms. The van der Waals surface area contributed by atoms with Gasteiger partial charge in [0.25, 0.3) is 0 Å². The second-order valence-electron chi connectivity index (χ2n) is 4.86. The van der Waals surface area contributed by atoms with E-state index in [4.69, 9.17) is 0 Å². The zero-order chi connectivity index (χ0) is 16.8. The topological polar surface area (TPSA) is 66.5 Å². The first-order valence-corrected chi connectivity index (χ1v) is 8.80. The van der Waals surface area contributed by atoms with Crippen molar-refractivity contribution in [3.63, 3.8) is 0 Å². The van der Waals surface area contributed by atoms with Gasteiger partial charge in [-0.3, -0.25) is 9.10 Å². The third-order valence-electron chi connectivity index (χ3n) is 2.98. The average Bonchev–Trinajstić information content (AvgIpc) is 2.42. The molecular weight excluding hydrogens is 314 g/mol. The number of benzene rings is 1. The van der Waals surface area contributed by atoms with E-state index >= 15 is 0 Å². The number of unbranched alkanes of at least 4 members (excludes halogenated alkanes) is 1. The fraction of sp³-hybridized carbons (Fsp3) is 0.500. The van der Waals surface area contributed by atoms with E-state index in [0.29, 0.717) is 10.7 Å². The average molecular weight is 334 g/mol. The van der Waals surface area contributed by atoms with Crippen molar-refractivity contribution in [1.29, 1.82) is 0 Å². The number of sulfonamides is 1. The van der Waals surface area contributed by atoms with Crippen LogP contribution in [-0.2, 0) is 14.8 Å². The predicted molar refractivity (Wildman–Crippen MR) is 81.1 cm³/mol. The van der Waals surface area contributed by atoms with Gasteiger partial charge in [0, 0.05) is 13.0 Å². The number of carbonyl (C=O) groups is 1. The molecule has 0 heterocycles. The minimum absolute atomic E-state index is 0.0244. The molecule has 5 nitrogen and oxygen atoms in total. The molecule has 0 aliphatic heterocycles. The maximum Gasteiger partial charge on any atom is 0.232 e. The Kier molecular flexibility index (Phi) is 6.73. The number of amides is 1. The summed E-state index contributed by atoms with van der Waals surface area (Å²) in [5.41, 5.74) is -0.632. The van der Waals surface area contributed by atoms with Crippen LogP contribution in [0.3, 0.4) is 0 Å². The molecule has 1 rings (SSSR count). The lowest BCUT2D eigenvalue weighted by Gasteiger charge is -2.23. The summed E-state index contributed by atoms with van der Waals surface area (Å²) in [5.74, 6) is -2.16. The quantitative estimate of drug-likeness (QED) is 0.791. The van der Waals surface area contributed by atoms with E-state index in [1.165, 1.54) is 0 Å². The van der Waals surface area contributed by atoms with Crippen LogP contribution >= 0.6 is 0 Å². The summed E-state index contributed by atoms with van der Waals surface area (Å²) in [6.45, 7) is 1.68. The van der Waals surface area contributed by atoms with Crippen molar-refractivity contribution in [2.24, 2.45) is 0 Å². The first-order chi connectivity index (χ1) is 10.3. The van der Waals surface area contributed by atoms with Crippen molar-refractivity contribution in [2.45, 2.75) is 26.2 Å². The van der Waals surface area contributed by atoms with Gasteiger partial charge in [-0.1, -0.05) is 19.4 Å². The Hall–Kier alpha value is -1.70. The highest BCUT2D eigenvalue weighted by Gasteiger charge is 2.24. The Labute approximate surface area is 129 Å². The van der Waals surface area contributed by atoms with Gasteiger partial charge in [-0.15, -0.1) is 0 Å². The number of nitrogens with one attached hydrogen (secondary N) is 1. The lowest BCUT2D eigenvalue weighted by Crippen LogP contribution is -2.39. The van der Waals surface area contributed by atoms with Gasteiger partial charge in [-0.2, -0.15) is 0 Å². The first-order valence-electron chi connectivity index (χ1n) is 6.95. The van der Waals surface area contributed by atoms with Crippen LogP contribution < -0.4 is 9.62 Å². The number of halogens is 2. The highest BCUT2D eigenvalue weighted by molar-refractivity contribution is 7.92. The molecule has 0 fully saturated rings. The van der Waals surface area contributed by atoms with Gasteiger partial charge >= 0.3 is 0 Å². The molecule has 124 valence electrons. The number of hydrogen-bond donors (Lipinski definition) is 1. The maximum atomic E-state index is 13.7. The Morgan fingerprint density at radius 1 is 1.27 bits per heavy atom. The standard InChI is InChI=1S/C14H20F2N2O3S/c1-3-4-8-13(19)17-9-10-18(22(2,20)21)14-11(15)6-5-7-12(14)16/h5-7H,3-4,8-10H2,1-2H3,(H,17,19). The van der Waals surface area contributed by atoms with Crippen LogP contribution in [0.15, 0.2) is 18.2 Å². The first kappa shape index (κ1) is 18.3. The van der Waals surface area contributed by atoms with Crippen molar-refractivity contribution in [3.05, 3.63) is 29.8 Å². The minimum atomic E-state index is -3.88.